The number of amides is 1. The van der Waals surface area contributed by atoms with Crippen LogP contribution in [0, 0.1) is 5.92 Å². The van der Waals surface area contributed by atoms with E-state index in [1.165, 1.54) is 24.5 Å². The summed E-state index contributed by atoms with van der Waals surface area (Å²) in [6.07, 6.45) is 1.70. The van der Waals surface area contributed by atoms with E-state index in [0.717, 1.165) is 25.0 Å². The van der Waals surface area contributed by atoms with Gasteiger partial charge in [0.2, 0.25) is 11.8 Å². The smallest absolute Gasteiger partial charge is 0.416 e. The van der Waals surface area contributed by atoms with Gasteiger partial charge in [0.15, 0.2) is 0 Å². The van der Waals surface area contributed by atoms with E-state index in [1.54, 1.807) is 17.2 Å². The average molecular weight is 475 g/mol. The van der Waals surface area contributed by atoms with E-state index in [-0.39, 0.29) is 23.8 Å². The van der Waals surface area contributed by atoms with Crippen molar-refractivity contribution in [1.29, 1.82) is 0 Å². The molecule has 0 atom stereocenters. The Kier molecular flexibility index (Phi) is 5.44. The fourth-order valence-corrected chi connectivity index (χ4v) is 3.87. The molecule has 2 aromatic heterocycles. The quantitative estimate of drug-likeness (QED) is 0.527. The molecule has 33 heavy (non-hydrogen) atoms. The van der Waals surface area contributed by atoms with E-state index in [1.807, 2.05) is 0 Å². The lowest BCUT2D eigenvalue weighted by Gasteiger charge is -2.38. The van der Waals surface area contributed by atoms with Gasteiger partial charge in [-0.3, -0.25) is 9.78 Å². The van der Waals surface area contributed by atoms with E-state index in [4.69, 9.17) is 16.3 Å². The molecule has 1 amide bonds. The van der Waals surface area contributed by atoms with Crippen LogP contribution in [0.1, 0.15) is 18.4 Å². The minimum absolute atomic E-state index is 0.161. The van der Waals surface area contributed by atoms with E-state index in [9.17, 15) is 18.0 Å². The van der Waals surface area contributed by atoms with Crippen LogP contribution in [0.3, 0.4) is 0 Å². The molecule has 0 N–H and O–H groups in total. The Bertz CT molecular complexity index is 1190. The summed E-state index contributed by atoms with van der Waals surface area (Å²) in [7, 11) is 0. The third kappa shape index (κ3) is 4.50. The topological polar surface area (TPSA) is 68.2 Å². The van der Waals surface area contributed by atoms with Gasteiger partial charge in [-0.25, -0.2) is 9.97 Å². The Balaban J connectivity index is 1.43. The lowest BCUT2D eigenvalue weighted by Crippen LogP contribution is -2.56. The maximum Gasteiger partial charge on any atom is 0.416 e. The molecular weight excluding hydrogens is 457 g/mol. The fourth-order valence-electron chi connectivity index (χ4n) is 3.66. The van der Waals surface area contributed by atoms with Crippen LogP contribution in [0.25, 0.3) is 22.5 Å². The lowest BCUT2D eigenvalue weighted by atomic mass is 10.0. The highest BCUT2D eigenvalue weighted by molar-refractivity contribution is 6.33. The standard InChI is InChI=1S/C23H18ClF3N4O2/c24-18-9-28-8-7-17(18)21-20(13-3-5-15(6-4-13)23(25,26)27)29-10-19(30-21)33-16-11-31(12-16)22(32)14-1-2-14/h3-10,14,16H,1-2,11-12H2. The molecule has 10 heteroatoms. The van der Waals surface area contributed by atoms with Gasteiger partial charge in [-0.05, 0) is 31.0 Å². The van der Waals surface area contributed by atoms with Crippen LogP contribution in [0.2, 0.25) is 5.02 Å². The SMILES string of the molecule is O=C(C1CC1)N1CC(Oc2cnc(-c3ccc(C(F)(F)F)cc3)c(-c3ccncc3Cl)n2)C1. The van der Waals surface area contributed by atoms with Crippen molar-refractivity contribution in [3.8, 4) is 28.4 Å². The largest absolute Gasteiger partial charge is 0.469 e. The average Bonchev–Trinajstić information content (AvgIpc) is 3.61. The van der Waals surface area contributed by atoms with E-state index >= 15 is 0 Å². The van der Waals surface area contributed by atoms with Crippen LogP contribution in [0.15, 0.2) is 48.9 Å². The second kappa shape index (κ2) is 8.30. The molecule has 0 bridgehead atoms. The molecule has 1 aliphatic carbocycles. The zero-order valence-electron chi connectivity index (χ0n) is 17.2. The van der Waals surface area contributed by atoms with Crippen molar-refractivity contribution in [2.75, 3.05) is 13.1 Å². The number of ether oxygens (including phenoxy) is 1. The van der Waals surface area contributed by atoms with Crippen LogP contribution in [0.5, 0.6) is 5.88 Å². The van der Waals surface area contributed by atoms with Gasteiger partial charge in [-0.1, -0.05) is 23.7 Å². The first kappa shape index (κ1) is 21.6. The van der Waals surface area contributed by atoms with Crippen molar-refractivity contribution in [3.63, 3.8) is 0 Å². The predicted octanol–water partition coefficient (Wildman–Crippen LogP) is 4.88. The van der Waals surface area contributed by atoms with Crippen molar-refractivity contribution in [2.45, 2.75) is 25.1 Å². The number of hydrogen-bond acceptors (Lipinski definition) is 5. The minimum Gasteiger partial charge on any atom is -0.469 e. The van der Waals surface area contributed by atoms with Gasteiger partial charge in [0.1, 0.15) is 11.8 Å². The number of pyridine rings is 1. The summed E-state index contributed by atoms with van der Waals surface area (Å²) in [5.74, 6) is 0.578. The summed E-state index contributed by atoms with van der Waals surface area (Å²) < 4.78 is 44.8. The second-order valence-corrected chi connectivity index (χ2v) is 8.50. The van der Waals surface area contributed by atoms with Crippen molar-refractivity contribution < 1.29 is 22.7 Å². The van der Waals surface area contributed by atoms with Crippen molar-refractivity contribution >= 4 is 17.5 Å². The van der Waals surface area contributed by atoms with Gasteiger partial charge in [0.25, 0.3) is 0 Å². The number of benzene rings is 1. The molecule has 0 spiro atoms. The highest BCUT2D eigenvalue weighted by Gasteiger charge is 2.40. The summed E-state index contributed by atoms with van der Waals surface area (Å²) in [5, 5.41) is 0.321. The Morgan fingerprint density at radius 2 is 1.79 bits per heavy atom. The van der Waals surface area contributed by atoms with Gasteiger partial charge in [0.05, 0.1) is 35.6 Å². The van der Waals surface area contributed by atoms with Crippen molar-refractivity contribution in [2.24, 2.45) is 5.92 Å². The van der Waals surface area contributed by atoms with Gasteiger partial charge in [-0.15, -0.1) is 0 Å². The Morgan fingerprint density at radius 3 is 2.42 bits per heavy atom. The Labute approximate surface area is 192 Å². The third-order valence-electron chi connectivity index (χ3n) is 5.64. The summed E-state index contributed by atoms with van der Waals surface area (Å²) >= 11 is 6.33. The van der Waals surface area contributed by atoms with Crippen LogP contribution in [0.4, 0.5) is 13.2 Å². The first-order valence-electron chi connectivity index (χ1n) is 10.4. The van der Waals surface area contributed by atoms with Gasteiger partial charge >= 0.3 is 6.18 Å². The van der Waals surface area contributed by atoms with E-state index in [0.29, 0.717) is 40.6 Å². The lowest BCUT2D eigenvalue weighted by molar-refractivity contribution is -0.141. The normalized spacial score (nSPS) is 16.4. The zero-order valence-corrected chi connectivity index (χ0v) is 18.0. The molecule has 170 valence electrons. The van der Waals surface area contributed by atoms with Crippen LogP contribution >= 0.6 is 11.6 Å². The molecule has 5 rings (SSSR count). The van der Waals surface area contributed by atoms with Gasteiger partial charge in [-0.2, -0.15) is 13.2 Å². The second-order valence-electron chi connectivity index (χ2n) is 8.09. The number of rotatable bonds is 5. The summed E-state index contributed by atoms with van der Waals surface area (Å²) in [5.41, 5.74) is 0.958. The maximum atomic E-state index is 13.0. The summed E-state index contributed by atoms with van der Waals surface area (Å²) in [4.78, 5) is 26.8. The van der Waals surface area contributed by atoms with Crippen molar-refractivity contribution in [1.82, 2.24) is 19.9 Å². The minimum atomic E-state index is -4.43. The number of nitrogens with zero attached hydrogens (tertiary/aromatic N) is 4. The summed E-state index contributed by atoms with van der Waals surface area (Å²) in [6, 6.07) is 6.35. The molecule has 1 aromatic carbocycles. The monoisotopic (exact) mass is 474 g/mol. The number of hydrogen-bond donors (Lipinski definition) is 0. The molecule has 0 unspecified atom stereocenters. The molecule has 6 nitrogen and oxygen atoms in total. The number of likely N-dealkylation sites (tertiary alicyclic amines) is 1. The number of carbonyl (C=O) groups excluding carboxylic acids is 1. The number of halogens is 4. The summed E-state index contributed by atoms with van der Waals surface area (Å²) in [6.45, 7) is 0.978. The Hall–Kier alpha value is -3.20. The first-order valence-corrected chi connectivity index (χ1v) is 10.8. The van der Waals surface area contributed by atoms with Crippen LogP contribution in [-0.4, -0.2) is 45.0 Å². The Morgan fingerprint density at radius 1 is 1.06 bits per heavy atom. The van der Waals surface area contributed by atoms with E-state index < -0.39 is 11.7 Å². The molecule has 2 aliphatic rings. The molecule has 2 fully saturated rings. The van der Waals surface area contributed by atoms with E-state index in [2.05, 4.69) is 15.0 Å². The number of carbonyl (C=O) groups is 1. The number of alkyl halides is 3. The van der Waals surface area contributed by atoms with Crippen molar-refractivity contribution in [3.05, 3.63) is 59.5 Å². The molecule has 0 radical (unpaired) electrons. The molecule has 1 aliphatic heterocycles. The number of aromatic nitrogens is 3. The molecular formula is C23H18ClF3N4O2. The predicted molar refractivity (Wildman–Crippen MR) is 114 cm³/mol. The first-order chi connectivity index (χ1) is 15.8. The fraction of sp³-hybridized carbons (Fsp3) is 0.304. The highest BCUT2D eigenvalue weighted by Crippen LogP contribution is 2.37. The third-order valence-corrected chi connectivity index (χ3v) is 5.94. The van der Waals surface area contributed by atoms with Crippen LogP contribution in [-0.2, 0) is 11.0 Å². The molecule has 3 heterocycles. The van der Waals surface area contributed by atoms with Gasteiger partial charge in [0, 0.05) is 29.4 Å². The molecule has 1 saturated heterocycles. The molecule has 3 aromatic rings. The molecule has 1 saturated carbocycles. The maximum absolute atomic E-state index is 13.0. The van der Waals surface area contributed by atoms with Crippen LogP contribution < -0.4 is 4.74 Å². The van der Waals surface area contributed by atoms with Gasteiger partial charge < -0.3 is 9.64 Å². The zero-order chi connectivity index (χ0) is 23.2. The highest BCUT2D eigenvalue weighted by atomic mass is 35.5.